The van der Waals surface area contributed by atoms with E-state index in [0.717, 1.165) is 29.9 Å². The molecular weight excluding hydrogens is 305 g/mol. The van der Waals surface area contributed by atoms with Crippen molar-refractivity contribution in [2.24, 2.45) is 0 Å². The number of hydrogen-bond donors (Lipinski definition) is 1. The zero-order valence-corrected chi connectivity index (χ0v) is 14.1. The van der Waals surface area contributed by atoms with E-state index in [4.69, 9.17) is 0 Å². The van der Waals surface area contributed by atoms with E-state index in [1.165, 1.54) is 31.7 Å². The second kappa shape index (κ2) is 7.38. The minimum atomic E-state index is -0.324. The van der Waals surface area contributed by atoms with Gasteiger partial charge in [-0.1, -0.05) is 38.3 Å². The topological polar surface area (TPSA) is 55.6 Å². The van der Waals surface area contributed by atoms with E-state index in [2.05, 4.69) is 27.3 Å². The summed E-state index contributed by atoms with van der Waals surface area (Å²) >= 11 is 0. The molecule has 0 aliphatic rings. The van der Waals surface area contributed by atoms with Crippen molar-refractivity contribution in [3.05, 3.63) is 42.1 Å². The highest BCUT2D eigenvalue weighted by Crippen LogP contribution is 2.26. The average molecular weight is 327 g/mol. The van der Waals surface area contributed by atoms with Gasteiger partial charge in [-0.2, -0.15) is 5.10 Å². The first-order valence-electron chi connectivity index (χ1n) is 8.41. The fourth-order valence-corrected chi connectivity index (χ4v) is 2.80. The van der Waals surface area contributed by atoms with Crippen LogP contribution in [0.25, 0.3) is 16.7 Å². The van der Waals surface area contributed by atoms with Gasteiger partial charge in [-0.25, -0.2) is 19.0 Å². The smallest absolute Gasteiger partial charge is 0.168 e. The molecule has 0 aliphatic carbocycles. The molecular formula is C18H22FN5. The zero-order valence-electron chi connectivity index (χ0n) is 14.1. The van der Waals surface area contributed by atoms with Crippen molar-refractivity contribution in [2.45, 2.75) is 39.5 Å². The summed E-state index contributed by atoms with van der Waals surface area (Å²) in [6, 6.07) is 6.57. The van der Waals surface area contributed by atoms with Crippen LogP contribution in [-0.2, 0) is 0 Å². The summed E-state index contributed by atoms with van der Waals surface area (Å²) in [5.74, 6) is 0.436. The Hall–Kier alpha value is -2.50. The lowest BCUT2D eigenvalue weighted by atomic mass is 10.2. The molecule has 0 radical (unpaired) electrons. The van der Waals surface area contributed by atoms with Crippen LogP contribution in [0.3, 0.4) is 0 Å². The minimum absolute atomic E-state index is 0.324. The summed E-state index contributed by atoms with van der Waals surface area (Å²) in [5.41, 5.74) is 1.79. The summed E-state index contributed by atoms with van der Waals surface area (Å²) in [7, 11) is 0. The predicted octanol–water partition coefficient (Wildman–Crippen LogP) is 4.26. The van der Waals surface area contributed by atoms with E-state index in [1.807, 2.05) is 6.92 Å². The number of halogens is 1. The van der Waals surface area contributed by atoms with Crippen LogP contribution in [0.2, 0.25) is 0 Å². The lowest BCUT2D eigenvalue weighted by molar-refractivity contribution is 0.612. The van der Waals surface area contributed by atoms with Crippen molar-refractivity contribution in [3.8, 4) is 5.69 Å². The number of unbranched alkanes of at least 4 members (excludes halogenated alkanes) is 3. The van der Waals surface area contributed by atoms with Crippen molar-refractivity contribution >= 4 is 16.9 Å². The van der Waals surface area contributed by atoms with Crippen molar-refractivity contribution in [1.82, 2.24) is 19.7 Å². The van der Waals surface area contributed by atoms with Crippen LogP contribution >= 0.6 is 0 Å². The molecule has 1 aromatic carbocycles. The maximum Gasteiger partial charge on any atom is 0.168 e. The predicted molar refractivity (Wildman–Crippen MR) is 94.0 cm³/mol. The van der Waals surface area contributed by atoms with Gasteiger partial charge >= 0.3 is 0 Å². The van der Waals surface area contributed by atoms with E-state index in [9.17, 15) is 4.39 Å². The van der Waals surface area contributed by atoms with Crippen LogP contribution in [0.4, 0.5) is 10.2 Å². The Morgan fingerprint density at radius 2 is 1.96 bits per heavy atom. The van der Waals surface area contributed by atoms with Gasteiger partial charge in [0.05, 0.1) is 11.1 Å². The second-order valence-electron chi connectivity index (χ2n) is 5.86. The number of anilines is 1. The fourth-order valence-electron chi connectivity index (χ4n) is 2.80. The van der Waals surface area contributed by atoms with Gasteiger partial charge in [0.15, 0.2) is 5.65 Å². The third kappa shape index (κ3) is 3.22. The van der Waals surface area contributed by atoms with E-state index in [0.29, 0.717) is 11.3 Å². The highest BCUT2D eigenvalue weighted by atomic mass is 19.1. The summed E-state index contributed by atoms with van der Waals surface area (Å²) in [5, 5.41) is 8.69. The Morgan fingerprint density at radius 3 is 2.75 bits per heavy atom. The van der Waals surface area contributed by atoms with E-state index < -0.39 is 0 Å². The van der Waals surface area contributed by atoms with Crippen molar-refractivity contribution in [3.63, 3.8) is 0 Å². The van der Waals surface area contributed by atoms with Gasteiger partial charge in [-0.3, -0.25) is 0 Å². The molecule has 3 rings (SSSR count). The summed E-state index contributed by atoms with van der Waals surface area (Å²) in [6.07, 6.45) is 6.25. The summed E-state index contributed by atoms with van der Waals surface area (Å²) in [6.45, 7) is 4.95. The van der Waals surface area contributed by atoms with Gasteiger partial charge in [0, 0.05) is 6.54 Å². The molecule has 24 heavy (non-hydrogen) atoms. The Kier molecular flexibility index (Phi) is 5.03. The fraction of sp³-hybridized carbons (Fsp3) is 0.389. The van der Waals surface area contributed by atoms with E-state index in [1.54, 1.807) is 22.9 Å². The number of rotatable bonds is 7. The maximum atomic E-state index is 14.1. The molecule has 1 N–H and O–H groups in total. The monoisotopic (exact) mass is 327 g/mol. The Labute approximate surface area is 140 Å². The molecule has 0 aliphatic heterocycles. The average Bonchev–Trinajstić information content (AvgIpc) is 2.93. The highest BCUT2D eigenvalue weighted by molar-refractivity contribution is 5.90. The van der Waals surface area contributed by atoms with Crippen LogP contribution in [0.5, 0.6) is 0 Å². The number of aromatic nitrogens is 4. The van der Waals surface area contributed by atoms with Crippen molar-refractivity contribution in [2.75, 3.05) is 11.9 Å². The van der Waals surface area contributed by atoms with Crippen molar-refractivity contribution in [1.29, 1.82) is 0 Å². The van der Waals surface area contributed by atoms with Gasteiger partial charge in [-0.15, -0.1) is 0 Å². The van der Waals surface area contributed by atoms with E-state index >= 15 is 0 Å². The molecule has 0 unspecified atom stereocenters. The normalized spacial score (nSPS) is 11.1. The molecule has 2 heterocycles. The highest BCUT2D eigenvalue weighted by Gasteiger charge is 2.16. The maximum absolute atomic E-state index is 14.1. The first-order valence-corrected chi connectivity index (χ1v) is 8.41. The third-order valence-electron chi connectivity index (χ3n) is 4.04. The number of hydrogen-bond acceptors (Lipinski definition) is 4. The van der Waals surface area contributed by atoms with Gasteiger partial charge in [-0.05, 0) is 25.5 Å². The Balaban J connectivity index is 1.92. The number of nitrogens with zero attached hydrogens (tertiary/aromatic N) is 4. The van der Waals surface area contributed by atoms with Crippen LogP contribution in [0, 0.1) is 12.7 Å². The number of para-hydroxylation sites is 1. The van der Waals surface area contributed by atoms with Gasteiger partial charge in [0.1, 0.15) is 23.6 Å². The number of nitrogens with one attached hydrogen (secondary N) is 1. The Bertz CT molecular complexity index is 827. The van der Waals surface area contributed by atoms with Crippen LogP contribution in [-0.4, -0.2) is 26.3 Å². The van der Waals surface area contributed by atoms with Crippen LogP contribution in [0.1, 0.15) is 38.3 Å². The largest absolute Gasteiger partial charge is 0.369 e. The zero-order chi connectivity index (χ0) is 16.9. The van der Waals surface area contributed by atoms with Gasteiger partial charge in [0.2, 0.25) is 0 Å². The molecule has 5 nitrogen and oxygen atoms in total. The first kappa shape index (κ1) is 16.4. The molecule has 3 aromatic rings. The number of fused-ring (bicyclic) bond motifs is 1. The molecule has 0 atom stereocenters. The summed E-state index contributed by atoms with van der Waals surface area (Å²) < 4.78 is 15.7. The van der Waals surface area contributed by atoms with Crippen LogP contribution < -0.4 is 5.32 Å². The molecule has 126 valence electrons. The summed E-state index contributed by atoms with van der Waals surface area (Å²) in [4.78, 5) is 8.67. The molecule has 0 bridgehead atoms. The SMILES string of the molecule is CCCCCCNc1ncnc2c1c(C)nn2-c1ccccc1F. The standard InChI is InChI=1S/C18H22FN5/c1-3-4-5-8-11-20-17-16-13(2)23-24(18(16)22-12-21-17)15-10-7-6-9-14(15)19/h6-7,9-10,12H,3-5,8,11H2,1-2H3,(H,20,21,22). The van der Waals surface area contributed by atoms with Crippen LogP contribution in [0.15, 0.2) is 30.6 Å². The lowest BCUT2D eigenvalue weighted by Crippen LogP contribution is -2.05. The van der Waals surface area contributed by atoms with Crippen molar-refractivity contribution < 1.29 is 4.39 Å². The van der Waals surface area contributed by atoms with Gasteiger partial charge in [0.25, 0.3) is 0 Å². The molecule has 0 amide bonds. The number of aryl methyl sites for hydroxylation is 1. The molecule has 2 aromatic heterocycles. The molecule has 0 saturated carbocycles. The number of benzene rings is 1. The quantitative estimate of drug-likeness (QED) is 0.659. The third-order valence-corrected chi connectivity index (χ3v) is 4.04. The van der Waals surface area contributed by atoms with E-state index in [-0.39, 0.29) is 5.82 Å². The Morgan fingerprint density at radius 1 is 1.12 bits per heavy atom. The molecule has 0 saturated heterocycles. The first-order chi connectivity index (χ1) is 11.7. The van der Waals surface area contributed by atoms with Gasteiger partial charge < -0.3 is 5.32 Å². The molecule has 6 heteroatoms. The second-order valence-corrected chi connectivity index (χ2v) is 5.86. The molecule has 0 fully saturated rings. The minimum Gasteiger partial charge on any atom is -0.369 e. The molecule has 0 spiro atoms. The lowest BCUT2D eigenvalue weighted by Gasteiger charge is -2.07.